The van der Waals surface area contributed by atoms with Crippen LogP contribution in [0.5, 0.6) is 0 Å². The van der Waals surface area contributed by atoms with E-state index in [1.807, 2.05) is 12.1 Å². The fourth-order valence-corrected chi connectivity index (χ4v) is 5.33. The summed E-state index contributed by atoms with van der Waals surface area (Å²) in [6.45, 7) is 6.64. The zero-order valence-corrected chi connectivity index (χ0v) is 15.6. The van der Waals surface area contributed by atoms with E-state index < -0.39 is 0 Å². The molecule has 0 bridgehead atoms. The molecule has 0 unspecified atom stereocenters. The van der Waals surface area contributed by atoms with Gasteiger partial charge in [0.1, 0.15) is 0 Å². The maximum atomic E-state index is 12.6. The first-order valence-corrected chi connectivity index (χ1v) is 9.63. The Morgan fingerprint density at radius 1 is 0.833 bits per heavy atom. The van der Waals surface area contributed by atoms with Crippen LogP contribution in [0.15, 0.2) is 59.4 Å². The maximum Gasteiger partial charge on any atom is 0.198 e. The smallest absolute Gasteiger partial charge is 0.198 e. The highest BCUT2D eigenvalue weighted by atomic mass is 32.1. The summed E-state index contributed by atoms with van der Waals surface area (Å²) in [6, 6.07) is 18.6. The minimum atomic E-state index is 0.125. The van der Waals surface area contributed by atoms with Gasteiger partial charge in [-0.2, -0.15) is 0 Å². The molecule has 2 heterocycles. The third-order valence-corrected chi connectivity index (χ3v) is 6.80. The number of hydrogen-bond acceptors (Lipinski definition) is 3. The van der Waals surface area contributed by atoms with Crippen LogP contribution in [0, 0.1) is 0 Å². The lowest BCUT2D eigenvalue weighted by Crippen LogP contribution is -2.10. The predicted molar refractivity (Wildman–Crippen MR) is 108 cm³/mol. The van der Waals surface area contributed by atoms with Crippen LogP contribution in [0.3, 0.4) is 0 Å². The highest BCUT2D eigenvalue weighted by molar-refractivity contribution is 7.32. The Morgan fingerprint density at radius 3 is 2.25 bits per heavy atom. The molecule has 0 amide bonds. The Hall–Kier alpha value is -1.97. The second kappa shape index (κ2) is 5.54. The highest BCUT2D eigenvalue weighted by Gasteiger charge is 2.14. The standard InChI is InChI=1S/C21H18OS2/c1-21(2,3)14-10-8-13(9-11-14)18-12-16(22)20-19(24-18)15-6-4-5-7-17(15)23-20/h4-12H,1-3H3. The first kappa shape index (κ1) is 15.6. The number of thiophene rings is 1. The van der Waals surface area contributed by atoms with Crippen molar-refractivity contribution in [2.45, 2.75) is 26.2 Å². The average Bonchev–Trinajstić information content (AvgIpc) is 2.94. The molecule has 24 heavy (non-hydrogen) atoms. The van der Waals surface area contributed by atoms with Crippen LogP contribution in [0.25, 0.3) is 29.9 Å². The number of hydrogen-bond donors (Lipinski definition) is 0. The van der Waals surface area contributed by atoms with E-state index in [2.05, 4.69) is 57.2 Å². The second-order valence-corrected chi connectivity index (χ2v) is 9.16. The van der Waals surface area contributed by atoms with Gasteiger partial charge in [0, 0.05) is 21.0 Å². The molecule has 120 valence electrons. The van der Waals surface area contributed by atoms with E-state index in [-0.39, 0.29) is 10.8 Å². The fourth-order valence-electron chi connectivity index (χ4n) is 2.89. The molecule has 4 aromatic rings. The van der Waals surface area contributed by atoms with Crippen molar-refractivity contribution in [2.24, 2.45) is 0 Å². The summed E-state index contributed by atoms with van der Waals surface area (Å²) < 4.78 is 3.16. The zero-order valence-electron chi connectivity index (χ0n) is 13.9. The third-order valence-electron chi connectivity index (χ3n) is 4.28. The van der Waals surface area contributed by atoms with E-state index >= 15 is 0 Å². The van der Waals surface area contributed by atoms with Gasteiger partial charge in [-0.3, -0.25) is 4.79 Å². The van der Waals surface area contributed by atoms with Crippen LogP contribution in [-0.4, -0.2) is 0 Å². The molecule has 0 fully saturated rings. The monoisotopic (exact) mass is 350 g/mol. The van der Waals surface area contributed by atoms with Crippen LogP contribution in [0.1, 0.15) is 26.3 Å². The Morgan fingerprint density at radius 2 is 1.54 bits per heavy atom. The SMILES string of the molecule is CC(C)(C)c1ccc(-c2cc(=O)c3sc4ccccc4c3s2)cc1. The average molecular weight is 351 g/mol. The minimum Gasteiger partial charge on any atom is -0.288 e. The van der Waals surface area contributed by atoms with Crippen molar-refractivity contribution < 1.29 is 0 Å². The topological polar surface area (TPSA) is 17.1 Å². The van der Waals surface area contributed by atoms with Crippen molar-refractivity contribution in [1.29, 1.82) is 0 Å². The predicted octanol–water partition coefficient (Wildman–Crippen LogP) is 6.44. The molecular weight excluding hydrogens is 332 g/mol. The zero-order chi connectivity index (χ0) is 16.9. The van der Waals surface area contributed by atoms with Gasteiger partial charge in [0.2, 0.25) is 0 Å². The summed E-state index contributed by atoms with van der Waals surface area (Å²) in [5.41, 5.74) is 2.68. The molecule has 4 rings (SSSR count). The molecule has 3 heteroatoms. The second-order valence-electron chi connectivity index (χ2n) is 7.06. The van der Waals surface area contributed by atoms with E-state index in [4.69, 9.17) is 0 Å². The molecule has 0 atom stereocenters. The number of fused-ring (bicyclic) bond motifs is 3. The first-order chi connectivity index (χ1) is 11.4. The highest BCUT2D eigenvalue weighted by Crippen LogP contribution is 2.38. The summed E-state index contributed by atoms with van der Waals surface area (Å²) in [5, 5.41) is 1.19. The van der Waals surface area contributed by atoms with Crippen molar-refractivity contribution in [3.8, 4) is 10.4 Å². The van der Waals surface area contributed by atoms with Crippen LogP contribution < -0.4 is 5.43 Å². The summed E-state index contributed by atoms with van der Waals surface area (Å²) >= 11 is 3.31. The van der Waals surface area contributed by atoms with Crippen molar-refractivity contribution >= 4 is 42.2 Å². The molecule has 0 aliphatic carbocycles. The molecule has 1 nitrogen and oxygen atoms in total. The number of benzene rings is 2. The maximum absolute atomic E-state index is 12.6. The molecule has 0 aliphatic rings. The van der Waals surface area contributed by atoms with Crippen molar-refractivity contribution in [3.05, 3.63) is 70.4 Å². The van der Waals surface area contributed by atoms with Gasteiger partial charge in [-0.05, 0) is 22.6 Å². The van der Waals surface area contributed by atoms with Gasteiger partial charge in [0.25, 0.3) is 0 Å². The Labute approximate surface area is 149 Å². The van der Waals surface area contributed by atoms with Gasteiger partial charge in [-0.25, -0.2) is 0 Å². The van der Waals surface area contributed by atoms with Gasteiger partial charge < -0.3 is 0 Å². The van der Waals surface area contributed by atoms with Crippen molar-refractivity contribution in [1.82, 2.24) is 0 Å². The van der Waals surface area contributed by atoms with E-state index in [0.29, 0.717) is 0 Å². The van der Waals surface area contributed by atoms with E-state index in [1.54, 1.807) is 28.7 Å². The molecule has 2 aromatic heterocycles. The lowest BCUT2D eigenvalue weighted by Gasteiger charge is -2.19. The molecule has 0 N–H and O–H groups in total. The van der Waals surface area contributed by atoms with Crippen LogP contribution in [-0.2, 0) is 5.41 Å². The molecular formula is C21H18OS2. The van der Waals surface area contributed by atoms with Crippen LogP contribution in [0.4, 0.5) is 0 Å². The largest absolute Gasteiger partial charge is 0.288 e. The minimum absolute atomic E-state index is 0.125. The lowest BCUT2D eigenvalue weighted by atomic mass is 9.86. The van der Waals surface area contributed by atoms with Crippen LogP contribution >= 0.6 is 22.7 Å². The molecule has 0 aliphatic heterocycles. The summed E-state index contributed by atoms with van der Waals surface area (Å²) in [5.74, 6) is 0. The normalized spacial score (nSPS) is 12.1. The van der Waals surface area contributed by atoms with Gasteiger partial charge in [0.15, 0.2) is 5.43 Å². The van der Waals surface area contributed by atoms with Gasteiger partial charge in [0.05, 0.1) is 9.40 Å². The van der Waals surface area contributed by atoms with Crippen LogP contribution in [0.2, 0.25) is 0 Å². The molecule has 0 saturated carbocycles. The molecule has 0 saturated heterocycles. The lowest BCUT2D eigenvalue weighted by molar-refractivity contribution is 0.590. The molecule has 2 aromatic carbocycles. The van der Waals surface area contributed by atoms with Crippen molar-refractivity contribution in [2.75, 3.05) is 0 Å². The fraction of sp³-hybridized carbons (Fsp3) is 0.190. The third kappa shape index (κ3) is 2.58. The molecule has 0 radical (unpaired) electrons. The summed E-state index contributed by atoms with van der Waals surface area (Å²) in [4.78, 5) is 13.6. The van der Waals surface area contributed by atoms with E-state index in [9.17, 15) is 4.79 Å². The van der Waals surface area contributed by atoms with E-state index in [1.165, 1.54) is 15.6 Å². The Bertz CT molecular complexity index is 1090. The Kier molecular flexibility index (Phi) is 3.59. The first-order valence-electron chi connectivity index (χ1n) is 8.00. The van der Waals surface area contributed by atoms with Crippen molar-refractivity contribution in [3.63, 3.8) is 0 Å². The summed E-state index contributed by atoms with van der Waals surface area (Å²) in [6.07, 6.45) is 0. The van der Waals surface area contributed by atoms with Gasteiger partial charge >= 0.3 is 0 Å². The molecule has 0 spiro atoms. The Balaban J connectivity index is 1.91. The number of rotatable bonds is 1. The quantitative estimate of drug-likeness (QED) is 0.386. The van der Waals surface area contributed by atoms with E-state index in [0.717, 1.165) is 19.8 Å². The van der Waals surface area contributed by atoms with Gasteiger partial charge in [-0.15, -0.1) is 22.7 Å². The summed E-state index contributed by atoms with van der Waals surface area (Å²) in [7, 11) is 0. The van der Waals surface area contributed by atoms with Gasteiger partial charge in [-0.1, -0.05) is 63.2 Å².